The standard InChI is InChI=1S/C22H31F3N4O4S.C7H8O3S/c23-18-13-20(25)19(24)11-14(18)12-21(26)15-9-16-1-2-17(10-15)29(16)34(31,32)8-3-27-22(30)28-4-6-33-7-5-28;1-6-2-4-7(5-3-6)11(8,9)10/h11,13,15-17,21H,1-10,12,26H2,(H,27,30);2-5H,1H3,(H,8,9,10)/t15?,16?,17?,21-;/m1./s1. The summed E-state index contributed by atoms with van der Waals surface area (Å²) in [6.45, 7) is 3.75. The normalized spacial score (nSPS) is 22.8. The number of benzene rings is 2. The Morgan fingerprint density at radius 2 is 1.58 bits per heavy atom. The van der Waals surface area contributed by atoms with E-state index in [9.17, 15) is 34.8 Å². The Labute approximate surface area is 261 Å². The third-order valence-corrected chi connectivity index (χ3v) is 11.3. The van der Waals surface area contributed by atoms with E-state index in [2.05, 4.69) is 5.32 Å². The highest BCUT2D eigenvalue weighted by Gasteiger charge is 2.47. The molecule has 3 aliphatic rings. The fourth-order valence-corrected chi connectivity index (χ4v) is 8.44. The topological polar surface area (TPSA) is 159 Å². The number of amides is 2. The summed E-state index contributed by atoms with van der Waals surface area (Å²) in [4.78, 5) is 13.7. The van der Waals surface area contributed by atoms with Gasteiger partial charge in [0.05, 0.1) is 23.9 Å². The summed E-state index contributed by atoms with van der Waals surface area (Å²) >= 11 is 0. The minimum atomic E-state index is -4.02. The molecule has 45 heavy (non-hydrogen) atoms. The first-order chi connectivity index (χ1) is 21.2. The quantitative estimate of drug-likeness (QED) is 0.285. The number of halogens is 3. The van der Waals surface area contributed by atoms with Crippen LogP contribution < -0.4 is 11.1 Å². The van der Waals surface area contributed by atoms with Crippen molar-refractivity contribution < 1.29 is 44.1 Å². The molecule has 2 aromatic carbocycles. The molecule has 0 saturated carbocycles. The minimum absolute atomic E-state index is 0.0183. The molecule has 0 aromatic heterocycles. The number of hydrogen-bond donors (Lipinski definition) is 3. The predicted molar refractivity (Wildman–Crippen MR) is 160 cm³/mol. The maximum atomic E-state index is 14.0. The molecule has 2 amide bonds. The minimum Gasteiger partial charge on any atom is -0.378 e. The van der Waals surface area contributed by atoms with E-state index < -0.39 is 43.6 Å². The van der Waals surface area contributed by atoms with E-state index in [1.54, 1.807) is 21.3 Å². The van der Waals surface area contributed by atoms with Crippen molar-refractivity contribution in [2.75, 3.05) is 38.6 Å². The Kier molecular flexibility index (Phi) is 11.5. The van der Waals surface area contributed by atoms with Crippen LogP contribution in [0.4, 0.5) is 18.0 Å². The predicted octanol–water partition coefficient (Wildman–Crippen LogP) is 2.83. The third-order valence-electron chi connectivity index (χ3n) is 8.43. The Morgan fingerprint density at radius 3 is 2.16 bits per heavy atom. The second-order valence-corrected chi connectivity index (χ2v) is 15.0. The Bertz CT molecular complexity index is 1540. The van der Waals surface area contributed by atoms with Gasteiger partial charge in [-0.3, -0.25) is 4.55 Å². The van der Waals surface area contributed by atoms with Crippen LogP contribution >= 0.6 is 0 Å². The molecule has 2 aromatic rings. The van der Waals surface area contributed by atoms with Gasteiger partial charge in [0.1, 0.15) is 5.82 Å². The van der Waals surface area contributed by atoms with Crippen molar-refractivity contribution in [3.8, 4) is 0 Å². The average Bonchev–Trinajstić information content (AvgIpc) is 3.27. The van der Waals surface area contributed by atoms with Crippen LogP contribution in [0.1, 0.15) is 36.8 Å². The molecule has 5 rings (SSSR count). The smallest absolute Gasteiger partial charge is 0.317 e. The van der Waals surface area contributed by atoms with Gasteiger partial charge in [0.2, 0.25) is 10.0 Å². The van der Waals surface area contributed by atoms with Crippen LogP contribution in [-0.4, -0.2) is 93.4 Å². The van der Waals surface area contributed by atoms with Crippen LogP contribution in [-0.2, 0) is 31.3 Å². The van der Waals surface area contributed by atoms with Gasteiger partial charge in [-0.1, -0.05) is 17.7 Å². The molecular weight excluding hydrogens is 637 g/mol. The van der Waals surface area contributed by atoms with Gasteiger partial charge >= 0.3 is 6.03 Å². The lowest BCUT2D eigenvalue weighted by atomic mass is 9.83. The zero-order valence-corrected chi connectivity index (χ0v) is 26.5. The summed E-state index contributed by atoms with van der Waals surface area (Å²) < 4.78 is 103. The molecule has 2 unspecified atom stereocenters. The van der Waals surface area contributed by atoms with E-state index in [1.165, 1.54) is 12.1 Å². The molecule has 250 valence electrons. The number of urea groups is 1. The van der Waals surface area contributed by atoms with E-state index in [0.29, 0.717) is 58.1 Å². The number of sulfonamides is 1. The van der Waals surface area contributed by atoms with E-state index >= 15 is 0 Å². The van der Waals surface area contributed by atoms with Gasteiger partial charge in [0.25, 0.3) is 10.1 Å². The van der Waals surface area contributed by atoms with E-state index in [-0.39, 0.29) is 53.2 Å². The van der Waals surface area contributed by atoms with E-state index in [0.717, 1.165) is 11.6 Å². The fraction of sp³-hybridized carbons (Fsp3) is 0.552. The van der Waals surface area contributed by atoms with Crippen molar-refractivity contribution in [1.82, 2.24) is 14.5 Å². The molecule has 2 bridgehead atoms. The maximum absolute atomic E-state index is 14.0. The highest BCUT2D eigenvalue weighted by Crippen LogP contribution is 2.42. The molecule has 0 radical (unpaired) electrons. The summed E-state index contributed by atoms with van der Waals surface area (Å²) in [6, 6.07) is 6.14. The number of ether oxygens (including phenoxy) is 1. The molecule has 16 heteroatoms. The first kappa shape index (κ1) is 35.1. The summed E-state index contributed by atoms with van der Waals surface area (Å²) in [7, 11) is -7.61. The second-order valence-electron chi connectivity index (χ2n) is 11.6. The van der Waals surface area contributed by atoms with Gasteiger partial charge in [-0.15, -0.1) is 0 Å². The van der Waals surface area contributed by atoms with Gasteiger partial charge in [0, 0.05) is 43.8 Å². The summed E-state index contributed by atoms with van der Waals surface area (Å²) in [5.41, 5.74) is 7.29. The fourth-order valence-electron chi connectivity index (χ4n) is 6.10. The van der Waals surface area contributed by atoms with Crippen molar-refractivity contribution in [2.24, 2.45) is 11.7 Å². The molecule has 4 N–H and O–H groups in total. The Balaban J connectivity index is 0.000000354. The zero-order valence-electron chi connectivity index (χ0n) is 24.9. The number of nitrogens with two attached hydrogens (primary N) is 1. The van der Waals surface area contributed by atoms with Crippen molar-refractivity contribution in [1.29, 1.82) is 0 Å². The maximum Gasteiger partial charge on any atom is 0.317 e. The highest BCUT2D eigenvalue weighted by molar-refractivity contribution is 7.89. The van der Waals surface area contributed by atoms with Crippen LogP contribution in [0.15, 0.2) is 41.3 Å². The lowest BCUT2D eigenvalue weighted by Gasteiger charge is -2.40. The number of nitrogens with one attached hydrogen (secondary N) is 1. The number of hydrogen-bond acceptors (Lipinski definition) is 7. The number of morpholine rings is 1. The van der Waals surface area contributed by atoms with Gasteiger partial charge in [-0.2, -0.15) is 12.7 Å². The number of nitrogens with zero attached hydrogens (tertiary/aromatic N) is 2. The number of rotatable bonds is 8. The molecule has 3 fully saturated rings. The van der Waals surface area contributed by atoms with Gasteiger partial charge < -0.3 is 20.7 Å². The second kappa shape index (κ2) is 14.8. The molecule has 11 nitrogen and oxygen atoms in total. The SMILES string of the molecule is Cc1ccc(S(=O)(=O)O)cc1.N[C@H](Cc1cc(F)c(F)cc1F)C1CC2CCC(C1)N2S(=O)(=O)CCNC(=O)N1CCOCC1. The first-order valence-corrected chi connectivity index (χ1v) is 17.8. The number of carbonyl (C=O) groups is 1. The number of fused-ring (bicyclic) bond motifs is 2. The molecule has 3 atom stereocenters. The lowest BCUT2D eigenvalue weighted by molar-refractivity contribution is 0.0533. The summed E-state index contributed by atoms with van der Waals surface area (Å²) in [5, 5.41) is 2.68. The van der Waals surface area contributed by atoms with Gasteiger partial charge in [-0.05, 0) is 68.7 Å². The molecule has 3 aliphatic heterocycles. The molecule has 3 heterocycles. The molecule has 0 aliphatic carbocycles. The average molecular weight is 677 g/mol. The van der Waals surface area contributed by atoms with Crippen LogP contribution in [0.5, 0.6) is 0 Å². The van der Waals surface area contributed by atoms with Crippen molar-refractivity contribution >= 4 is 26.2 Å². The monoisotopic (exact) mass is 676 g/mol. The van der Waals surface area contributed by atoms with Crippen molar-refractivity contribution in [3.05, 3.63) is 65.0 Å². The largest absolute Gasteiger partial charge is 0.378 e. The van der Waals surface area contributed by atoms with Gasteiger partial charge in [-0.25, -0.2) is 26.4 Å². The van der Waals surface area contributed by atoms with Crippen LogP contribution in [0, 0.1) is 30.3 Å². The lowest BCUT2D eigenvalue weighted by Crippen LogP contribution is -2.52. The van der Waals surface area contributed by atoms with Crippen molar-refractivity contribution in [3.63, 3.8) is 0 Å². The van der Waals surface area contributed by atoms with Gasteiger partial charge in [0.15, 0.2) is 11.6 Å². The number of carbonyl (C=O) groups excluding carboxylic acids is 1. The zero-order chi connectivity index (χ0) is 32.9. The van der Waals surface area contributed by atoms with Crippen molar-refractivity contribution in [2.45, 2.75) is 62.0 Å². The number of piperidine rings is 1. The molecular formula is C29H39F3N4O7S2. The number of aryl methyl sites for hydroxylation is 1. The molecule has 0 spiro atoms. The van der Waals surface area contributed by atoms with E-state index in [4.69, 9.17) is 15.0 Å². The highest BCUT2D eigenvalue weighted by atomic mass is 32.2. The third kappa shape index (κ3) is 9.16. The Hall–Kier alpha value is -2.76. The molecule has 3 saturated heterocycles. The Morgan fingerprint density at radius 1 is 1.00 bits per heavy atom. The summed E-state index contributed by atoms with van der Waals surface area (Å²) in [6.07, 6.45) is 2.54. The van der Waals surface area contributed by atoms with Crippen LogP contribution in [0.2, 0.25) is 0 Å². The van der Waals surface area contributed by atoms with E-state index in [1.807, 2.05) is 6.92 Å². The van der Waals surface area contributed by atoms with Crippen LogP contribution in [0.25, 0.3) is 0 Å². The summed E-state index contributed by atoms with van der Waals surface area (Å²) in [5.74, 6) is -3.45. The van der Waals surface area contributed by atoms with Crippen LogP contribution in [0.3, 0.4) is 0 Å². The first-order valence-electron chi connectivity index (χ1n) is 14.7.